The van der Waals surface area contributed by atoms with Crippen LogP contribution in [0.15, 0.2) is 18.3 Å². The summed E-state index contributed by atoms with van der Waals surface area (Å²) in [7, 11) is 0. The standard InChI is InChI=1S/C10H15N3O3S/c1-6(14)17-5-8(15)10(16)7-2-3-9(13-11)12-4-7/h2-4,8,10,15-16H,5,11H2,1H3,(H,12,13). The van der Waals surface area contributed by atoms with E-state index in [1.165, 1.54) is 13.1 Å². The molecule has 0 radical (unpaired) electrons. The lowest BCUT2D eigenvalue weighted by molar-refractivity contribution is -0.109. The summed E-state index contributed by atoms with van der Waals surface area (Å²) in [5.74, 6) is 5.76. The van der Waals surface area contributed by atoms with E-state index in [1.54, 1.807) is 12.1 Å². The number of carbonyl (C=O) groups is 1. The maximum atomic E-state index is 10.7. The molecule has 94 valence electrons. The molecule has 0 aromatic carbocycles. The summed E-state index contributed by atoms with van der Waals surface area (Å²) < 4.78 is 0. The molecule has 6 nitrogen and oxygen atoms in total. The molecule has 17 heavy (non-hydrogen) atoms. The van der Waals surface area contributed by atoms with E-state index in [0.717, 1.165) is 11.8 Å². The molecule has 0 aliphatic rings. The number of hydrazine groups is 1. The number of hydrogen-bond acceptors (Lipinski definition) is 7. The fourth-order valence-electron chi connectivity index (χ4n) is 1.18. The zero-order valence-corrected chi connectivity index (χ0v) is 10.1. The lowest BCUT2D eigenvalue weighted by Crippen LogP contribution is -2.21. The van der Waals surface area contributed by atoms with Crippen LogP contribution >= 0.6 is 11.8 Å². The predicted molar refractivity (Wildman–Crippen MR) is 66.2 cm³/mol. The first-order chi connectivity index (χ1) is 8.04. The van der Waals surface area contributed by atoms with Crippen LogP contribution in [0, 0.1) is 0 Å². The highest BCUT2D eigenvalue weighted by atomic mass is 32.2. The molecule has 2 atom stereocenters. The number of aliphatic hydroxyl groups is 2. The van der Waals surface area contributed by atoms with E-state index in [1.807, 2.05) is 0 Å². The minimum atomic E-state index is -1.07. The number of nitrogens with one attached hydrogen (secondary N) is 1. The second-order valence-electron chi connectivity index (χ2n) is 3.44. The number of aromatic nitrogens is 1. The van der Waals surface area contributed by atoms with Gasteiger partial charge in [-0.15, -0.1) is 0 Å². The van der Waals surface area contributed by atoms with Crippen molar-refractivity contribution >= 4 is 22.7 Å². The molecular weight excluding hydrogens is 242 g/mol. The van der Waals surface area contributed by atoms with Crippen molar-refractivity contribution in [3.63, 3.8) is 0 Å². The molecule has 1 aromatic heterocycles. The Morgan fingerprint density at radius 3 is 2.76 bits per heavy atom. The van der Waals surface area contributed by atoms with Gasteiger partial charge in [0.1, 0.15) is 11.9 Å². The number of aliphatic hydroxyl groups excluding tert-OH is 2. The summed E-state index contributed by atoms with van der Waals surface area (Å²) in [5.41, 5.74) is 2.83. The normalized spacial score (nSPS) is 14.1. The van der Waals surface area contributed by atoms with Crippen LogP contribution in [0.25, 0.3) is 0 Å². The van der Waals surface area contributed by atoms with E-state index in [2.05, 4.69) is 10.4 Å². The Bertz CT molecular complexity index is 372. The van der Waals surface area contributed by atoms with Crippen LogP contribution in [-0.2, 0) is 4.79 Å². The van der Waals surface area contributed by atoms with Crippen molar-refractivity contribution in [2.45, 2.75) is 19.1 Å². The van der Waals surface area contributed by atoms with Crippen LogP contribution in [-0.4, -0.2) is 32.2 Å². The average Bonchev–Trinajstić information content (AvgIpc) is 2.35. The quantitative estimate of drug-likeness (QED) is 0.435. The summed E-state index contributed by atoms with van der Waals surface area (Å²) >= 11 is 0.968. The second-order valence-corrected chi connectivity index (χ2v) is 4.63. The van der Waals surface area contributed by atoms with Gasteiger partial charge in [0.15, 0.2) is 5.12 Å². The molecule has 0 bridgehead atoms. The van der Waals surface area contributed by atoms with Crippen molar-refractivity contribution in [2.24, 2.45) is 5.84 Å². The first-order valence-electron chi connectivity index (χ1n) is 4.96. The third kappa shape index (κ3) is 4.31. The summed E-state index contributed by atoms with van der Waals surface area (Å²) in [6.45, 7) is 1.41. The van der Waals surface area contributed by atoms with E-state index >= 15 is 0 Å². The van der Waals surface area contributed by atoms with Gasteiger partial charge in [-0.3, -0.25) is 4.79 Å². The fourth-order valence-corrected chi connectivity index (χ4v) is 1.77. The smallest absolute Gasteiger partial charge is 0.185 e. The van der Waals surface area contributed by atoms with Gasteiger partial charge in [0.25, 0.3) is 0 Å². The molecule has 1 heterocycles. The van der Waals surface area contributed by atoms with Gasteiger partial charge in [-0.05, 0) is 6.07 Å². The van der Waals surface area contributed by atoms with Crippen molar-refractivity contribution in [1.29, 1.82) is 0 Å². The number of anilines is 1. The molecule has 0 saturated carbocycles. The van der Waals surface area contributed by atoms with Crippen LogP contribution in [0.1, 0.15) is 18.6 Å². The molecule has 0 aliphatic heterocycles. The van der Waals surface area contributed by atoms with Crippen molar-refractivity contribution in [2.75, 3.05) is 11.2 Å². The number of thioether (sulfide) groups is 1. The number of rotatable bonds is 5. The third-order valence-corrected chi connectivity index (χ3v) is 3.01. The molecule has 0 fully saturated rings. The Balaban J connectivity index is 2.60. The van der Waals surface area contributed by atoms with Gasteiger partial charge in [0.05, 0.1) is 6.10 Å². The monoisotopic (exact) mass is 257 g/mol. The third-order valence-electron chi connectivity index (χ3n) is 2.10. The molecule has 2 unspecified atom stereocenters. The number of pyridine rings is 1. The minimum absolute atomic E-state index is 0.0999. The van der Waals surface area contributed by atoms with E-state index < -0.39 is 12.2 Å². The molecule has 1 aromatic rings. The SMILES string of the molecule is CC(=O)SCC(O)C(O)c1ccc(NN)nc1. The largest absolute Gasteiger partial charge is 0.389 e. The molecule has 0 spiro atoms. The first-order valence-corrected chi connectivity index (χ1v) is 5.95. The van der Waals surface area contributed by atoms with Crippen LogP contribution < -0.4 is 11.3 Å². The lowest BCUT2D eigenvalue weighted by Gasteiger charge is -2.17. The summed E-state index contributed by atoms with van der Waals surface area (Å²) in [6.07, 6.45) is -0.662. The van der Waals surface area contributed by atoms with Crippen molar-refractivity contribution < 1.29 is 15.0 Å². The maximum Gasteiger partial charge on any atom is 0.185 e. The van der Waals surface area contributed by atoms with Gasteiger partial charge >= 0.3 is 0 Å². The molecule has 0 aliphatic carbocycles. The predicted octanol–water partition coefficient (Wildman–Crippen LogP) is 0.0412. The van der Waals surface area contributed by atoms with Gasteiger partial charge in [-0.25, -0.2) is 10.8 Å². The number of nitrogens with two attached hydrogens (primary N) is 1. The zero-order chi connectivity index (χ0) is 12.8. The lowest BCUT2D eigenvalue weighted by atomic mass is 10.1. The number of hydrogen-bond donors (Lipinski definition) is 4. The highest BCUT2D eigenvalue weighted by Crippen LogP contribution is 2.20. The van der Waals surface area contributed by atoms with E-state index in [-0.39, 0.29) is 10.9 Å². The Labute approximate surface area is 103 Å². The summed E-state index contributed by atoms with van der Waals surface area (Å²) in [4.78, 5) is 14.6. The highest BCUT2D eigenvalue weighted by Gasteiger charge is 2.19. The van der Waals surface area contributed by atoms with Gasteiger partial charge in [-0.2, -0.15) is 0 Å². The molecule has 5 N–H and O–H groups in total. The molecule has 1 rings (SSSR count). The van der Waals surface area contributed by atoms with Crippen LogP contribution in [0.2, 0.25) is 0 Å². The number of carbonyl (C=O) groups excluding carboxylic acids is 1. The van der Waals surface area contributed by atoms with Crippen molar-refractivity contribution in [1.82, 2.24) is 4.98 Å². The topological polar surface area (TPSA) is 108 Å². The first kappa shape index (κ1) is 13.9. The van der Waals surface area contributed by atoms with Gasteiger partial charge in [0, 0.05) is 24.4 Å². The van der Waals surface area contributed by atoms with Crippen LogP contribution in [0.5, 0.6) is 0 Å². The Hall–Kier alpha value is -1.15. The minimum Gasteiger partial charge on any atom is -0.389 e. The average molecular weight is 257 g/mol. The van der Waals surface area contributed by atoms with Gasteiger partial charge in [0.2, 0.25) is 0 Å². The number of nitrogens with zero attached hydrogens (tertiary/aromatic N) is 1. The van der Waals surface area contributed by atoms with E-state index in [0.29, 0.717) is 11.4 Å². The van der Waals surface area contributed by atoms with Crippen LogP contribution in [0.4, 0.5) is 5.82 Å². The van der Waals surface area contributed by atoms with Crippen LogP contribution in [0.3, 0.4) is 0 Å². The fraction of sp³-hybridized carbons (Fsp3) is 0.400. The Kier molecular flexibility index (Phi) is 5.36. The van der Waals surface area contributed by atoms with Crippen molar-refractivity contribution in [3.8, 4) is 0 Å². The van der Waals surface area contributed by atoms with Crippen molar-refractivity contribution in [3.05, 3.63) is 23.9 Å². The second kappa shape index (κ2) is 6.55. The molecular formula is C10H15N3O3S. The molecule has 0 amide bonds. The maximum absolute atomic E-state index is 10.7. The zero-order valence-electron chi connectivity index (χ0n) is 9.33. The van der Waals surface area contributed by atoms with Gasteiger partial charge in [-0.1, -0.05) is 17.8 Å². The molecule has 7 heteroatoms. The van der Waals surface area contributed by atoms with Gasteiger partial charge < -0.3 is 15.6 Å². The van der Waals surface area contributed by atoms with E-state index in [4.69, 9.17) is 5.84 Å². The highest BCUT2D eigenvalue weighted by molar-refractivity contribution is 8.13. The Morgan fingerprint density at radius 2 is 2.29 bits per heavy atom. The summed E-state index contributed by atoms with van der Waals surface area (Å²) in [6, 6.07) is 3.19. The Morgan fingerprint density at radius 1 is 1.59 bits per heavy atom. The summed E-state index contributed by atoms with van der Waals surface area (Å²) in [5, 5.41) is 19.4. The number of nitrogen functional groups attached to an aromatic ring is 1. The molecule has 0 saturated heterocycles. The van der Waals surface area contributed by atoms with E-state index in [9.17, 15) is 15.0 Å².